The van der Waals surface area contributed by atoms with Crippen molar-refractivity contribution in [2.75, 3.05) is 11.5 Å². The summed E-state index contributed by atoms with van der Waals surface area (Å²) in [5, 5.41) is 0. The second-order valence-electron chi connectivity index (χ2n) is 5.39. The zero-order valence-electron chi connectivity index (χ0n) is 10.5. The molecule has 0 bridgehead atoms. The Morgan fingerprint density at radius 2 is 1.94 bits per heavy atom. The van der Waals surface area contributed by atoms with E-state index in [1.165, 1.54) is 0 Å². The monoisotopic (exact) mass is 256 g/mol. The van der Waals surface area contributed by atoms with E-state index in [4.69, 9.17) is 5.73 Å². The summed E-state index contributed by atoms with van der Waals surface area (Å²) in [5.74, 6) is 0.113. The van der Waals surface area contributed by atoms with Crippen LogP contribution in [-0.2, 0) is 16.6 Å². The number of sulfonamides is 1. The average Bonchev–Trinajstić information content (AvgIpc) is 2.11. The highest BCUT2D eigenvalue weighted by Gasteiger charge is 2.20. The first-order valence-electron chi connectivity index (χ1n) is 5.50. The van der Waals surface area contributed by atoms with E-state index in [1.807, 2.05) is 32.9 Å². The van der Waals surface area contributed by atoms with E-state index in [-0.39, 0.29) is 17.7 Å². The topological polar surface area (TPSA) is 72.2 Å². The van der Waals surface area contributed by atoms with Crippen LogP contribution in [0.15, 0.2) is 24.3 Å². The standard InChI is InChI=1S/C12H20N2O2S/c1-12(2,3)9-17(15,16)14-8-10-5-4-6-11(13)7-10/h4-7,14H,8-9,13H2,1-3H3. The highest BCUT2D eigenvalue weighted by molar-refractivity contribution is 7.89. The van der Waals surface area contributed by atoms with E-state index in [0.717, 1.165) is 5.56 Å². The van der Waals surface area contributed by atoms with Gasteiger partial charge in [-0.15, -0.1) is 0 Å². The molecular formula is C12H20N2O2S. The largest absolute Gasteiger partial charge is 0.399 e. The van der Waals surface area contributed by atoms with Crippen molar-refractivity contribution in [2.24, 2.45) is 5.41 Å². The Morgan fingerprint density at radius 3 is 2.47 bits per heavy atom. The van der Waals surface area contributed by atoms with Crippen molar-refractivity contribution >= 4 is 15.7 Å². The minimum atomic E-state index is -3.24. The third kappa shape index (κ3) is 5.70. The minimum Gasteiger partial charge on any atom is -0.399 e. The van der Waals surface area contributed by atoms with Gasteiger partial charge in [0, 0.05) is 12.2 Å². The van der Waals surface area contributed by atoms with Gasteiger partial charge in [0.15, 0.2) is 0 Å². The summed E-state index contributed by atoms with van der Waals surface area (Å²) in [5.41, 5.74) is 6.87. The molecule has 0 aliphatic carbocycles. The van der Waals surface area contributed by atoms with Gasteiger partial charge in [-0.1, -0.05) is 32.9 Å². The van der Waals surface area contributed by atoms with Crippen LogP contribution in [-0.4, -0.2) is 14.2 Å². The van der Waals surface area contributed by atoms with Crippen molar-refractivity contribution in [1.29, 1.82) is 0 Å². The lowest BCUT2D eigenvalue weighted by Crippen LogP contribution is -2.31. The first-order valence-corrected chi connectivity index (χ1v) is 7.15. The summed E-state index contributed by atoms with van der Waals surface area (Å²) in [6.45, 7) is 5.97. The molecule has 0 saturated heterocycles. The van der Waals surface area contributed by atoms with Gasteiger partial charge < -0.3 is 5.73 Å². The van der Waals surface area contributed by atoms with Crippen LogP contribution in [0, 0.1) is 5.41 Å². The number of rotatable bonds is 4. The summed E-state index contributed by atoms with van der Waals surface area (Å²) in [6.07, 6.45) is 0. The first-order chi connectivity index (χ1) is 7.68. The van der Waals surface area contributed by atoms with E-state index < -0.39 is 10.0 Å². The number of benzene rings is 1. The van der Waals surface area contributed by atoms with E-state index in [0.29, 0.717) is 5.69 Å². The quantitative estimate of drug-likeness (QED) is 0.806. The van der Waals surface area contributed by atoms with Crippen molar-refractivity contribution in [3.8, 4) is 0 Å². The van der Waals surface area contributed by atoms with Gasteiger partial charge in [-0.3, -0.25) is 0 Å². The lowest BCUT2D eigenvalue weighted by Gasteiger charge is -2.18. The van der Waals surface area contributed by atoms with Crippen LogP contribution < -0.4 is 10.5 Å². The van der Waals surface area contributed by atoms with Crippen molar-refractivity contribution in [2.45, 2.75) is 27.3 Å². The number of hydrogen-bond donors (Lipinski definition) is 2. The Kier molecular flexibility index (Phi) is 4.16. The van der Waals surface area contributed by atoms with Gasteiger partial charge in [0.2, 0.25) is 10.0 Å². The molecule has 17 heavy (non-hydrogen) atoms. The van der Waals surface area contributed by atoms with Crippen molar-refractivity contribution < 1.29 is 8.42 Å². The van der Waals surface area contributed by atoms with Crippen LogP contribution >= 0.6 is 0 Å². The SMILES string of the molecule is CC(C)(C)CS(=O)(=O)NCc1cccc(N)c1. The highest BCUT2D eigenvalue weighted by Crippen LogP contribution is 2.15. The summed E-state index contributed by atoms with van der Waals surface area (Å²) >= 11 is 0. The summed E-state index contributed by atoms with van der Waals surface area (Å²) in [6, 6.07) is 7.19. The predicted octanol–water partition coefficient (Wildman–Crippen LogP) is 1.73. The molecule has 4 nitrogen and oxygen atoms in total. The molecule has 0 aromatic heterocycles. The Morgan fingerprint density at radius 1 is 1.29 bits per heavy atom. The maximum atomic E-state index is 11.8. The van der Waals surface area contributed by atoms with Gasteiger partial charge >= 0.3 is 0 Å². The highest BCUT2D eigenvalue weighted by atomic mass is 32.2. The zero-order valence-corrected chi connectivity index (χ0v) is 11.3. The van der Waals surface area contributed by atoms with Crippen LogP contribution in [0.2, 0.25) is 0 Å². The van der Waals surface area contributed by atoms with Gasteiger partial charge in [0.1, 0.15) is 0 Å². The van der Waals surface area contributed by atoms with Gasteiger partial charge in [-0.2, -0.15) is 0 Å². The molecule has 0 saturated carbocycles. The summed E-state index contributed by atoms with van der Waals surface area (Å²) < 4.78 is 26.1. The van der Waals surface area contributed by atoms with E-state index >= 15 is 0 Å². The maximum absolute atomic E-state index is 11.8. The fourth-order valence-electron chi connectivity index (χ4n) is 1.52. The van der Waals surface area contributed by atoms with Crippen molar-refractivity contribution in [3.63, 3.8) is 0 Å². The first kappa shape index (κ1) is 14.0. The lowest BCUT2D eigenvalue weighted by atomic mass is 10.0. The molecule has 0 unspecified atom stereocenters. The second kappa shape index (κ2) is 5.06. The molecule has 0 aliphatic heterocycles. The molecule has 1 aromatic carbocycles. The third-order valence-corrected chi connectivity index (χ3v) is 3.90. The molecule has 96 valence electrons. The number of nitrogens with one attached hydrogen (secondary N) is 1. The molecule has 1 aromatic rings. The van der Waals surface area contributed by atoms with Crippen LogP contribution in [0.5, 0.6) is 0 Å². The summed E-state index contributed by atoms with van der Waals surface area (Å²) in [4.78, 5) is 0. The minimum absolute atomic E-state index is 0.113. The molecule has 0 heterocycles. The van der Waals surface area contributed by atoms with Crippen molar-refractivity contribution in [3.05, 3.63) is 29.8 Å². The van der Waals surface area contributed by atoms with Gasteiger partial charge in [0.25, 0.3) is 0 Å². The van der Waals surface area contributed by atoms with Crippen LogP contribution in [0.1, 0.15) is 26.3 Å². The fraction of sp³-hybridized carbons (Fsp3) is 0.500. The number of hydrogen-bond acceptors (Lipinski definition) is 3. The average molecular weight is 256 g/mol. The van der Waals surface area contributed by atoms with Crippen LogP contribution in [0.4, 0.5) is 5.69 Å². The second-order valence-corrected chi connectivity index (χ2v) is 7.19. The Balaban J connectivity index is 2.62. The van der Waals surface area contributed by atoms with Crippen molar-refractivity contribution in [1.82, 2.24) is 4.72 Å². The van der Waals surface area contributed by atoms with E-state index in [2.05, 4.69) is 4.72 Å². The fourth-order valence-corrected chi connectivity index (χ4v) is 3.15. The van der Waals surface area contributed by atoms with E-state index in [1.54, 1.807) is 12.1 Å². The summed E-state index contributed by atoms with van der Waals surface area (Å²) in [7, 11) is -3.24. The Bertz CT molecular complexity index is 476. The molecule has 0 spiro atoms. The smallest absolute Gasteiger partial charge is 0.212 e. The van der Waals surface area contributed by atoms with E-state index in [9.17, 15) is 8.42 Å². The number of nitrogen functional groups attached to an aromatic ring is 1. The normalized spacial score (nSPS) is 12.6. The van der Waals surface area contributed by atoms with Gasteiger partial charge in [0.05, 0.1) is 5.75 Å². The molecule has 0 aliphatic rings. The molecule has 0 atom stereocenters. The molecule has 0 radical (unpaired) electrons. The molecule has 5 heteroatoms. The predicted molar refractivity (Wildman–Crippen MR) is 70.9 cm³/mol. The Labute approximate surface area is 103 Å². The van der Waals surface area contributed by atoms with Crippen LogP contribution in [0.25, 0.3) is 0 Å². The third-order valence-electron chi connectivity index (χ3n) is 2.07. The maximum Gasteiger partial charge on any atom is 0.212 e. The van der Waals surface area contributed by atoms with Crippen LogP contribution in [0.3, 0.4) is 0 Å². The molecular weight excluding hydrogens is 236 g/mol. The Hall–Kier alpha value is -1.07. The van der Waals surface area contributed by atoms with Gasteiger partial charge in [-0.05, 0) is 23.1 Å². The number of nitrogens with two attached hydrogens (primary N) is 1. The lowest BCUT2D eigenvalue weighted by molar-refractivity contribution is 0.458. The number of anilines is 1. The zero-order chi connectivity index (χ0) is 13.1. The molecule has 0 amide bonds. The molecule has 1 rings (SSSR count). The molecule has 0 fully saturated rings. The van der Waals surface area contributed by atoms with Gasteiger partial charge in [-0.25, -0.2) is 13.1 Å². The molecule has 3 N–H and O–H groups in total.